The Morgan fingerprint density at radius 2 is 1.94 bits per heavy atom. The number of hydrogen-bond acceptors (Lipinski definition) is 1. The molecular weight excluding hydrogens is 196 g/mol. The fourth-order valence-electron chi connectivity index (χ4n) is 2.49. The summed E-state index contributed by atoms with van der Waals surface area (Å²) in [5.74, 6) is 3.07. The monoisotopic (exact) mass is 218 g/mol. The van der Waals surface area contributed by atoms with Crippen LogP contribution in [0.4, 0.5) is 0 Å². The van der Waals surface area contributed by atoms with Gasteiger partial charge in [-0.1, -0.05) is 39.8 Å². The predicted molar refractivity (Wildman–Crippen MR) is 68.2 cm³/mol. The van der Waals surface area contributed by atoms with Crippen molar-refractivity contribution >= 4 is 0 Å². The molecule has 1 aromatic rings. The quantitative estimate of drug-likeness (QED) is 0.717. The van der Waals surface area contributed by atoms with E-state index >= 15 is 0 Å². The molecular formula is C15H22O. The average molecular weight is 218 g/mol. The van der Waals surface area contributed by atoms with Gasteiger partial charge >= 0.3 is 0 Å². The van der Waals surface area contributed by atoms with Crippen LogP contribution in [-0.4, -0.2) is 6.61 Å². The molecule has 1 nitrogen and oxygen atoms in total. The highest BCUT2D eigenvalue weighted by atomic mass is 16.5. The van der Waals surface area contributed by atoms with E-state index in [4.69, 9.17) is 4.74 Å². The van der Waals surface area contributed by atoms with Crippen molar-refractivity contribution in [2.75, 3.05) is 6.61 Å². The summed E-state index contributed by atoms with van der Waals surface area (Å²) in [6, 6.07) is 6.76. The SMILES string of the molecule is CC(C)c1ccc2c(c1)OCC[C@H]2C(C)C. The third-order valence-corrected chi connectivity index (χ3v) is 3.59. The lowest BCUT2D eigenvalue weighted by Gasteiger charge is -2.29. The van der Waals surface area contributed by atoms with Crippen LogP contribution in [0.15, 0.2) is 18.2 Å². The second kappa shape index (κ2) is 4.48. The first kappa shape index (κ1) is 11.5. The molecule has 1 aliphatic rings. The Hall–Kier alpha value is -0.980. The van der Waals surface area contributed by atoms with Gasteiger partial charge < -0.3 is 4.74 Å². The number of hydrogen-bond donors (Lipinski definition) is 0. The summed E-state index contributed by atoms with van der Waals surface area (Å²) < 4.78 is 5.79. The van der Waals surface area contributed by atoms with Crippen LogP contribution in [0.5, 0.6) is 5.75 Å². The lowest BCUT2D eigenvalue weighted by molar-refractivity contribution is 0.247. The van der Waals surface area contributed by atoms with E-state index in [0.717, 1.165) is 18.8 Å². The fraction of sp³-hybridized carbons (Fsp3) is 0.600. The van der Waals surface area contributed by atoms with Gasteiger partial charge in [-0.05, 0) is 41.4 Å². The Labute approximate surface area is 98.8 Å². The molecule has 0 radical (unpaired) electrons. The lowest BCUT2D eigenvalue weighted by Crippen LogP contribution is -2.18. The Bertz CT molecular complexity index is 366. The molecule has 2 rings (SSSR count). The van der Waals surface area contributed by atoms with E-state index in [1.807, 2.05) is 0 Å². The number of ether oxygens (including phenoxy) is 1. The van der Waals surface area contributed by atoms with Crippen molar-refractivity contribution in [1.29, 1.82) is 0 Å². The molecule has 0 N–H and O–H groups in total. The largest absolute Gasteiger partial charge is 0.493 e. The third-order valence-electron chi connectivity index (χ3n) is 3.59. The van der Waals surface area contributed by atoms with Gasteiger partial charge in [0.05, 0.1) is 6.61 Å². The van der Waals surface area contributed by atoms with Crippen LogP contribution in [0.1, 0.15) is 57.1 Å². The lowest BCUT2D eigenvalue weighted by atomic mass is 9.83. The van der Waals surface area contributed by atoms with E-state index in [2.05, 4.69) is 45.9 Å². The molecule has 1 aromatic carbocycles. The van der Waals surface area contributed by atoms with Crippen LogP contribution >= 0.6 is 0 Å². The highest BCUT2D eigenvalue weighted by molar-refractivity contribution is 5.42. The Kier molecular flexibility index (Phi) is 3.22. The maximum atomic E-state index is 5.79. The van der Waals surface area contributed by atoms with Gasteiger partial charge in [-0.3, -0.25) is 0 Å². The number of rotatable bonds is 2. The molecule has 0 fully saturated rings. The van der Waals surface area contributed by atoms with E-state index in [1.54, 1.807) is 0 Å². The zero-order chi connectivity index (χ0) is 11.7. The summed E-state index contributed by atoms with van der Waals surface area (Å²) in [6.45, 7) is 9.93. The van der Waals surface area contributed by atoms with Gasteiger partial charge in [0.2, 0.25) is 0 Å². The van der Waals surface area contributed by atoms with Crippen molar-refractivity contribution in [2.24, 2.45) is 5.92 Å². The smallest absolute Gasteiger partial charge is 0.123 e. The van der Waals surface area contributed by atoms with Crippen LogP contribution in [0, 0.1) is 5.92 Å². The molecule has 0 spiro atoms. The first-order valence-electron chi connectivity index (χ1n) is 6.36. The van der Waals surface area contributed by atoms with Crippen molar-refractivity contribution in [3.05, 3.63) is 29.3 Å². The zero-order valence-electron chi connectivity index (χ0n) is 10.8. The molecule has 0 amide bonds. The minimum Gasteiger partial charge on any atom is -0.493 e. The van der Waals surface area contributed by atoms with Gasteiger partial charge in [0.25, 0.3) is 0 Å². The van der Waals surface area contributed by atoms with Crippen LogP contribution in [0.3, 0.4) is 0 Å². The van der Waals surface area contributed by atoms with E-state index in [-0.39, 0.29) is 0 Å². The van der Waals surface area contributed by atoms with Gasteiger partial charge in [-0.2, -0.15) is 0 Å². The topological polar surface area (TPSA) is 9.23 Å². The van der Waals surface area contributed by atoms with Gasteiger partial charge in [0.15, 0.2) is 0 Å². The molecule has 1 heterocycles. The molecule has 0 unspecified atom stereocenters. The van der Waals surface area contributed by atoms with Gasteiger partial charge in [-0.15, -0.1) is 0 Å². The standard InChI is InChI=1S/C15H22O/c1-10(2)12-5-6-14-13(11(3)4)7-8-16-15(14)9-12/h5-6,9-11,13H,7-8H2,1-4H3/t13-/m0/s1. The van der Waals surface area contributed by atoms with Crippen LogP contribution < -0.4 is 4.74 Å². The summed E-state index contributed by atoms with van der Waals surface area (Å²) in [7, 11) is 0. The predicted octanol–water partition coefficient (Wildman–Crippen LogP) is 4.33. The van der Waals surface area contributed by atoms with E-state index in [0.29, 0.717) is 17.8 Å². The molecule has 16 heavy (non-hydrogen) atoms. The van der Waals surface area contributed by atoms with Gasteiger partial charge in [0, 0.05) is 0 Å². The summed E-state index contributed by atoms with van der Waals surface area (Å²) >= 11 is 0. The van der Waals surface area contributed by atoms with Gasteiger partial charge in [0.1, 0.15) is 5.75 Å². The van der Waals surface area contributed by atoms with Crippen LogP contribution in [-0.2, 0) is 0 Å². The Balaban J connectivity index is 2.37. The second-order valence-corrected chi connectivity index (χ2v) is 5.44. The number of benzene rings is 1. The Morgan fingerprint density at radius 3 is 2.56 bits per heavy atom. The normalized spacial score (nSPS) is 19.8. The molecule has 0 aromatic heterocycles. The van der Waals surface area contributed by atoms with Gasteiger partial charge in [-0.25, -0.2) is 0 Å². The minimum absolute atomic E-state index is 0.577. The third kappa shape index (κ3) is 2.09. The Morgan fingerprint density at radius 1 is 1.19 bits per heavy atom. The van der Waals surface area contributed by atoms with Crippen LogP contribution in [0.25, 0.3) is 0 Å². The molecule has 1 aliphatic heterocycles. The van der Waals surface area contributed by atoms with Crippen molar-refractivity contribution < 1.29 is 4.74 Å². The van der Waals surface area contributed by atoms with Crippen molar-refractivity contribution in [2.45, 2.75) is 46.0 Å². The first-order valence-corrected chi connectivity index (χ1v) is 6.36. The summed E-state index contributed by atoms with van der Waals surface area (Å²) in [5.41, 5.74) is 2.79. The van der Waals surface area contributed by atoms with Crippen LogP contribution in [0.2, 0.25) is 0 Å². The summed E-state index contributed by atoms with van der Waals surface area (Å²) in [6.07, 6.45) is 1.16. The van der Waals surface area contributed by atoms with Crippen molar-refractivity contribution in [1.82, 2.24) is 0 Å². The number of fused-ring (bicyclic) bond motifs is 1. The maximum absolute atomic E-state index is 5.79. The highest BCUT2D eigenvalue weighted by Crippen LogP contribution is 2.39. The molecule has 0 saturated heterocycles. The average Bonchev–Trinajstić information content (AvgIpc) is 2.27. The highest BCUT2D eigenvalue weighted by Gasteiger charge is 2.24. The van der Waals surface area contributed by atoms with Crippen molar-refractivity contribution in [3.8, 4) is 5.75 Å². The maximum Gasteiger partial charge on any atom is 0.123 e. The molecule has 0 saturated carbocycles. The summed E-state index contributed by atoms with van der Waals surface area (Å²) in [5, 5.41) is 0. The fourth-order valence-corrected chi connectivity index (χ4v) is 2.49. The molecule has 1 heteroatoms. The van der Waals surface area contributed by atoms with E-state index in [1.165, 1.54) is 11.1 Å². The molecule has 1 atom stereocenters. The molecule has 0 aliphatic carbocycles. The minimum atomic E-state index is 0.577. The zero-order valence-corrected chi connectivity index (χ0v) is 10.8. The second-order valence-electron chi connectivity index (χ2n) is 5.44. The molecule has 88 valence electrons. The first-order chi connectivity index (χ1) is 7.59. The van der Waals surface area contributed by atoms with E-state index in [9.17, 15) is 0 Å². The molecule has 0 bridgehead atoms. The van der Waals surface area contributed by atoms with Crippen molar-refractivity contribution in [3.63, 3.8) is 0 Å². The summed E-state index contributed by atoms with van der Waals surface area (Å²) in [4.78, 5) is 0. The van der Waals surface area contributed by atoms with E-state index < -0.39 is 0 Å².